The molecule has 2 radical (unpaired) electrons. The Kier molecular flexibility index (Phi) is 2.63. The largest absolute Gasteiger partial charge is 0.345 e. The number of aliphatic imine (C=N–C) groups is 1. The first-order chi connectivity index (χ1) is 5.61. The predicted molar refractivity (Wildman–Crippen MR) is 47.9 cm³/mol. The van der Waals surface area contributed by atoms with Crippen LogP contribution in [0, 0.1) is 12.8 Å². The SMILES string of the molecule is [CH]C1C=C(C(=O)N(C)C)C=NC1. The average Bonchev–Trinajstić information content (AvgIpc) is 2.03. The lowest BCUT2D eigenvalue weighted by Gasteiger charge is -2.14. The summed E-state index contributed by atoms with van der Waals surface area (Å²) in [6.07, 6.45) is 3.32. The highest BCUT2D eigenvalue weighted by Gasteiger charge is 2.13. The third-order valence-electron chi connectivity index (χ3n) is 1.59. The molecule has 0 aliphatic carbocycles. The second-order valence-corrected chi connectivity index (χ2v) is 2.98. The number of carbonyl (C=O) groups is 1. The van der Waals surface area contributed by atoms with E-state index in [1.165, 1.54) is 4.90 Å². The molecule has 0 bridgehead atoms. The summed E-state index contributed by atoms with van der Waals surface area (Å²) in [5.74, 6) is -0.164. The normalized spacial score (nSPS) is 21.9. The highest BCUT2D eigenvalue weighted by Crippen LogP contribution is 2.08. The fourth-order valence-corrected chi connectivity index (χ4v) is 0.984. The topological polar surface area (TPSA) is 32.7 Å². The van der Waals surface area contributed by atoms with Crippen LogP contribution in [-0.2, 0) is 4.79 Å². The molecule has 0 aromatic carbocycles. The quantitative estimate of drug-likeness (QED) is 0.552. The second kappa shape index (κ2) is 3.52. The third-order valence-corrected chi connectivity index (χ3v) is 1.59. The number of amides is 1. The molecule has 3 nitrogen and oxygen atoms in total. The number of nitrogens with zero attached hydrogens (tertiary/aromatic N) is 2. The summed E-state index contributed by atoms with van der Waals surface area (Å²) >= 11 is 0. The van der Waals surface area contributed by atoms with Crippen LogP contribution >= 0.6 is 0 Å². The molecule has 1 unspecified atom stereocenters. The van der Waals surface area contributed by atoms with E-state index in [-0.39, 0.29) is 11.8 Å². The maximum absolute atomic E-state index is 11.4. The summed E-state index contributed by atoms with van der Waals surface area (Å²) in [6.45, 7) is 6.18. The zero-order valence-electron chi connectivity index (χ0n) is 7.32. The number of dihydropyridines is 1. The van der Waals surface area contributed by atoms with Gasteiger partial charge in [-0.1, -0.05) is 6.08 Å². The molecule has 0 aromatic heterocycles. The summed E-state index contributed by atoms with van der Waals surface area (Å²) < 4.78 is 0. The summed E-state index contributed by atoms with van der Waals surface area (Å²) in [4.78, 5) is 16.8. The standard InChI is InChI=1S/C9H12N2O/c1-7-4-8(6-10-5-7)9(12)11(2)3/h1,4,6-7H,5H2,2-3H3. The Bertz CT molecular complexity index is 241. The smallest absolute Gasteiger partial charge is 0.254 e. The molecule has 0 saturated heterocycles. The minimum absolute atomic E-state index is 0.0473. The Morgan fingerprint density at radius 2 is 2.42 bits per heavy atom. The van der Waals surface area contributed by atoms with Gasteiger partial charge in [-0.05, 0) is 6.92 Å². The molecule has 1 atom stereocenters. The lowest BCUT2D eigenvalue weighted by molar-refractivity contribution is -0.124. The van der Waals surface area contributed by atoms with E-state index in [9.17, 15) is 4.79 Å². The van der Waals surface area contributed by atoms with E-state index in [1.54, 1.807) is 26.4 Å². The van der Waals surface area contributed by atoms with Crippen molar-refractivity contribution in [3.8, 4) is 0 Å². The monoisotopic (exact) mass is 164 g/mol. The van der Waals surface area contributed by atoms with Crippen molar-refractivity contribution in [2.24, 2.45) is 10.9 Å². The first kappa shape index (κ1) is 8.97. The predicted octanol–water partition coefficient (Wildman–Crippen LogP) is 0.413. The Hall–Kier alpha value is -1.12. The highest BCUT2D eigenvalue weighted by atomic mass is 16.2. The van der Waals surface area contributed by atoms with Crippen molar-refractivity contribution in [2.75, 3.05) is 20.6 Å². The van der Waals surface area contributed by atoms with E-state index in [1.807, 2.05) is 0 Å². The Labute approximate surface area is 72.8 Å². The van der Waals surface area contributed by atoms with Crippen LogP contribution in [0.4, 0.5) is 0 Å². The summed E-state index contributed by atoms with van der Waals surface area (Å²) in [7, 11) is 3.41. The van der Waals surface area contributed by atoms with Crippen LogP contribution in [0.3, 0.4) is 0 Å². The van der Waals surface area contributed by atoms with Crippen molar-refractivity contribution < 1.29 is 4.79 Å². The minimum atomic E-state index is -0.117. The summed E-state index contributed by atoms with van der Waals surface area (Å²) in [6, 6.07) is 0. The number of likely N-dealkylation sites (N-methyl/N-ethyl adjacent to an activating group) is 1. The van der Waals surface area contributed by atoms with Crippen LogP contribution in [0.2, 0.25) is 0 Å². The Balaban J connectivity index is 2.75. The molecule has 1 aliphatic rings. The van der Waals surface area contributed by atoms with Gasteiger partial charge in [0.05, 0.1) is 5.57 Å². The van der Waals surface area contributed by atoms with E-state index < -0.39 is 0 Å². The van der Waals surface area contributed by atoms with Gasteiger partial charge in [0.2, 0.25) is 0 Å². The van der Waals surface area contributed by atoms with Crippen molar-refractivity contribution in [1.82, 2.24) is 4.90 Å². The van der Waals surface area contributed by atoms with Crippen molar-refractivity contribution >= 4 is 12.1 Å². The molecule has 1 amide bonds. The maximum Gasteiger partial charge on any atom is 0.254 e. The van der Waals surface area contributed by atoms with Gasteiger partial charge < -0.3 is 4.90 Å². The molecular weight excluding hydrogens is 152 g/mol. The van der Waals surface area contributed by atoms with Gasteiger partial charge in [-0.3, -0.25) is 9.79 Å². The second-order valence-electron chi connectivity index (χ2n) is 2.98. The van der Waals surface area contributed by atoms with Crippen LogP contribution in [0.1, 0.15) is 0 Å². The van der Waals surface area contributed by atoms with Gasteiger partial charge >= 0.3 is 0 Å². The lowest BCUT2D eigenvalue weighted by Crippen LogP contribution is -2.25. The number of hydrogen-bond acceptors (Lipinski definition) is 2. The van der Waals surface area contributed by atoms with Gasteiger partial charge in [0.15, 0.2) is 0 Å². The zero-order chi connectivity index (χ0) is 9.14. The van der Waals surface area contributed by atoms with Gasteiger partial charge in [0, 0.05) is 32.8 Å². The van der Waals surface area contributed by atoms with E-state index in [2.05, 4.69) is 4.99 Å². The van der Waals surface area contributed by atoms with Crippen LogP contribution in [-0.4, -0.2) is 37.7 Å². The zero-order valence-corrected chi connectivity index (χ0v) is 7.32. The van der Waals surface area contributed by atoms with E-state index in [4.69, 9.17) is 6.92 Å². The van der Waals surface area contributed by atoms with Gasteiger partial charge in [0.25, 0.3) is 5.91 Å². The minimum Gasteiger partial charge on any atom is -0.345 e. The van der Waals surface area contributed by atoms with Gasteiger partial charge in [-0.2, -0.15) is 0 Å². The molecule has 1 rings (SSSR count). The third kappa shape index (κ3) is 1.94. The molecule has 0 saturated carbocycles. The van der Waals surface area contributed by atoms with Crippen LogP contribution in [0.25, 0.3) is 0 Å². The van der Waals surface area contributed by atoms with Crippen molar-refractivity contribution in [1.29, 1.82) is 0 Å². The molecular formula is C9H12N2O. The van der Waals surface area contributed by atoms with Gasteiger partial charge in [0.1, 0.15) is 0 Å². The maximum atomic E-state index is 11.4. The summed E-state index contributed by atoms with van der Waals surface area (Å²) in [5, 5.41) is 0. The molecule has 0 fully saturated rings. The number of hydrogen-bond donors (Lipinski definition) is 0. The molecule has 64 valence electrons. The summed E-state index contributed by atoms with van der Waals surface area (Å²) in [5.41, 5.74) is 0.582. The van der Waals surface area contributed by atoms with E-state index >= 15 is 0 Å². The molecule has 12 heavy (non-hydrogen) atoms. The van der Waals surface area contributed by atoms with Crippen LogP contribution in [0.5, 0.6) is 0 Å². The highest BCUT2D eigenvalue weighted by molar-refractivity contribution is 6.12. The number of carbonyl (C=O) groups excluding carboxylic acids is 1. The molecule has 0 aromatic rings. The lowest BCUT2D eigenvalue weighted by atomic mass is 10.1. The van der Waals surface area contributed by atoms with Gasteiger partial charge in [-0.25, -0.2) is 0 Å². The molecule has 0 N–H and O–H groups in total. The fraction of sp³-hybridized carbons (Fsp3) is 0.444. The molecule has 1 heterocycles. The van der Waals surface area contributed by atoms with Crippen LogP contribution < -0.4 is 0 Å². The Morgan fingerprint density at radius 1 is 1.75 bits per heavy atom. The fourth-order valence-electron chi connectivity index (χ4n) is 0.984. The van der Waals surface area contributed by atoms with Crippen LogP contribution in [0.15, 0.2) is 16.6 Å². The first-order valence-corrected chi connectivity index (χ1v) is 3.80. The average molecular weight is 164 g/mol. The van der Waals surface area contributed by atoms with E-state index in [0.717, 1.165) is 0 Å². The molecule has 0 spiro atoms. The number of rotatable bonds is 1. The van der Waals surface area contributed by atoms with E-state index in [0.29, 0.717) is 12.1 Å². The Morgan fingerprint density at radius 3 is 2.92 bits per heavy atom. The van der Waals surface area contributed by atoms with Gasteiger partial charge in [-0.15, -0.1) is 0 Å². The first-order valence-electron chi connectivity index (χ1n) is 3.80. The van der Waals surface area contributed by atoms with Crippen molar-refractivity contribution in [2.45, 2.75) is 0 Å². The molecule has 1 aliphatic heterocycles. The van der Waals surface area contributed by atoms with Crippen molar-refractivity contribution in [3.05, 3.63) is 18.6 Å². The van der Waals surface area contributed by atoms with Crippen molar-refractivity contribution in [3.63, 3.8) is 0 Å². The molecule has 3 heteroatoms.